The van der Waals surface area contributed by atoms with Crippen LogP contribution in [-0.2, 0) is 23.6 Å². The van der Waals surface area contributed by atoms with Gasteiger partial charge in [-0.05, 0) is 44.9 Å². The number of aryl methyl sites for hydroxylation is 1. The summed E-state index contributed by atoms with van der Waals surface area (Å²) in [5.74, 6) is 0.516. The number of sulfonamides is 1. The van der Waals surface area contributed by atoms with Gasteiger partial charge in [-0.25, -0.2) is 13.1 Å². The minimum atomic E-state index is -3.58. The molecule has 0 saturated carbocycles. The maximum atomic E-state index is 12.7. The van der Waals surface area contributed by atoms with E-state index in [1.807, 2.05) is 16.8 Å². The van der Waals surface area contributed by atoms with Crippen molar-refractivity contribution < 1.29 is 8.42 Å². The maximum absolute atomic E-state index is 12.7. The Balaban J connectivity index is 1.92. The Morgan fingerprint density at radius 2 is 2.13 bits per heavy atom. The predicted molar refractivity (Wildman–Crippen MR) is 87.2 cm³/mol. The number of hydrogen-bond acceptors (Lipinski definition) is 6. The molecule has 0 fully saturated rings. The molecular formula is C14H15N5O2S2. The van der Waals surface area contributed by atoms with E-state index >= 15 is 0 Å². The fourth-order valence-electron chi connectivity index (χ4n) is 2.17. The van der Waals surface area contributed by atoms with Crippen molar-refractivity contribution in [1.82, 2.24) is 24.5 Å². The molecule has 0 unspecified atom stereocenters. The van der Waals surface area contributed by atoms with Crippen molar-refractivity contribution in [2.24, 2.45) is 7.05 Å². The molecule has 0 atom stereocenters. The third-order valence-electron chi connectivity index (χ3n) is 3.41. The first kappa shape index (κ1) is 15.8. The van der Waals surface area contributed by atoms with E-state index in [0.717, 1.165) is 5.56 Å². The molecule has 0 saturated heterocycles. The van der Waals surface area contributed by atoms with Crippen LogP contribution in [0.3, 0.4) is 0 Å². The average molecular weight is 349 g/mol. The Labute approximate surface area is 138 Å². The van der Waals surface area contributed by atoms with Crippen molar-refractivity contribution in [3.8, 4) is 11.4 Å². The van der Waals surface area contributed by atoms with Crippen LogP contribution in [0.1, 0.15) is 5.56 Å². The lowest BCUT2D eigenvalue weighted by Gasteiger charge is -2.17. The Hall–Kier alpha value is -2.10. The van der Waals surface area contributed by atoms with Gasteiger partial charge in [0.25, 0.3) is 0 Å². The normalized spacial score (nSPS) is 12.0. The van der Waals surface area contributed by atoms with Gasteiger partial charge in [-0.1, -0.05) is 12.1 Å². The smallest absolute Gasteiger partial charge is 0.229 e. The molecular weight excluding hydrogens is 334 g/mol. The van der Waals surface area contributed by atoms with E-state index in [-0.39, 0.29) is 4.90 Å². The van der Waals surface area contributed by atoms with E-state index in [1.165, 1.54) is 8.99 Å². The number of aromatic nitrogens is 4. The molecule has 9 heteroatoms. The lowest BCUT2D eigenvalue weighted by molar-refractivity contribution is 0.467. The molecule has 0 bridgehead atoms. The molecule has 120 valence electrons. The van der Waals surface area contributed by atoms with Gasteiger partial charge in [0.05, 0.1) is 4.90 Å². The van der Waals surface area contributed by atoms with Gasteiger partial charge in [0.1, 0.15) is 0 Å². The highest BCUT2D eigenvalue weighted by atomic mass is 32.2. The molecule has 7 nitrogen and oxygen atoms in total. The molecule has 0 N–H and O–H groups in total. The van der Waals surface area contributed by atoms with Crippen molar-refractivity contribution in [3.05, 3.63) is 46.7 Å². The quantitative estimate of drug-likeness (QED) is 0.701. The number of nitrogens with zero attached hydrogens (tertiary/aromatic N) is 5. The zero-order chi connectivity index (χ0) is 16.4. The van der Waals surface area contributed by atoms with Gasteiger partial charge in [-0.3, -0.25) is 0 Å². The van der Waals surface area contributed by atoms with Gasteiger partial charge in [-0.15, -0.1) is 5.10 Å². The standard InChI is InChI=1S/C14H15N5O2S2/c1-18(9-11-6-7-22-10-11)23(20,21)13-5-3-4-12(8-13)14-15-16-17-19(14)2/h3-8,10H,9H2,1-2H3. The lowest BCUT2D eigenvalue weighted by atomic mass is 10.2. The first-order valence-corrected chi connectivity index (χ1v) is 9.17. The highest BCUT2D eigenvalue weighted by molar-refractivity contribution is 7.89. The lowest BCUT2D eigenvalue weighted by Crippen LogP contribution is -2.26. The van der Waals surface area contributed by atoms with Gasteiger partial charge in [0.15, 0.2) is 5.82 Å². The van der Waals surface area contributed by atoms with Crippen molar-refractivity contribution >= 4 is 21.4 Å². The van der Waals surface area contributed by atoms with Gasteiger partial charge < -0.3 is 0 Å². The molecule has 0 radical (unpaired) electrons. The topological polar surface area (TPSA) is 81.0 Å². The van der Waals surface area contributed by atoms with Crippen LogP contribution in [0.4, 0.5) is 0 Å². The Morgan fingerprint density at radius 1 is 1.30 bits per heavy atom. The summed E-state index contributed by atoms with van der Waals surface area (Å²) in [6, 6.07) is 8.55. The summed E-state index contributed by atoms with van der Waals surface area (Å²) >= 11 is 1.54. The molecule has 3 rings (SSSR count). The van der Waals surface area contributed by atoms with E-state index in [0.29, 0.717) is 17.9 Å². The Kier molecular flexibility index (Phi) is 4.24. The van der Waals surface area contributed by atoms with Gasteiger partial charge in [0, 0.05) is 26.2 Å². The molecule has 0 spiro atoms. The van der Waals surface area contributed by atoms with E-state index in [2.05, 4.69) is 15.5 Å². The Morgan fingerprint density at radius 3 is 2.78 bits per heavy atom. The predicted octanol–water partition coefficient (Wildman–Crippen LogP) is 1.76. The summed E-state index contributed by atoms with van der Waals surface area (Å²) in [7, 11) is -0.301. The maximum Gasteiger partial charge on any atom is 0.243 e. The van der Waals surface area contributed by atoms with E-state index in [1.54, 1.807) is 49.7 Å². The van der Waals surface area contributed by atoms with Crippen molar-refractivity contribution in [2.75, 3.05) is 7.05 Å². The van der Waals surface area contributed by atoms with Gasteiger partial charge in [-0.2, -0.15) is 15.6 Å². The monoisotopic (exact) mass is 349 g/mol. The zero-order valence-electron chi connectivity index (χ0n) is 12.6. The number of benzene rings is 1. The highest BCUT2D eigenvalue weighted by Gasteiger charge is 2.22. The summed E-state index contributed by atoms with van der Waals surface area (Å²) in [6.45, 7) is 0.335. The molecule has 0 aliphatic rings. The fraction of sp³-hybridized carbons (Fsp3) is 0.214. The number of thiophene rings is 1. The van der Waals surface area contributed by atoms with Crippen molar-refractivity contribution in [2.45, 2.75) is 11.4 Å². The highest BCUT2D eigenvalue weighted by Crippen LogP contribution is 2.23. The van der Waals surface area contributed by atoms with E-state index in [4.69, 9.17) is 0 Å². The largest absolute Gasteiger partial charge is 0.243 e. The minimum Gasteiger partial charge on any atom is -0.229 e. The van der Waals surface area contributed by atoms with Crippen LogP contribution in [-0.4, -0.2) is 40.0 Å². The second-order valence-corrected chi connectivity index (χ2v) is 7.87. The number of rotatable bonds is 5. The zero-order valence-corrected chi connectivity index (χ0v) is 14.3. The summed E-state index contributed by atoms with van der Waals surface area (Å²) < 4.78 is 28.3. The molecule has 0 aliphatic carbocycles. The molecule has 0 amide bonds. The minimum absolute atomic E-state index is 0.218. The summed E-state index contributed by atoms with van der Waals surface area (Å²) in [6.07, 6.45) is 0. The number of tetrazole rings is 1. The second-order valence-electron chi connectivity index (χ2n) is 5.05. The molecule has 2 heterocycles. The van der Waals surface area contributed by atoms with Gasteiger partial charge in [0.2, 0.25) is 10.0 Å². The Bertz CT molecular complexity index is 903. The molecule has 23 heavy (non-hydrogen) atoms. The van der Waals surface area contributed by atoms with Crippen LogP contribution in [0, 0.1) is 0 Å². The third-order valence-corrected chi connectivity index (χ3v) is 5.94. The van der Waals surface area contributed by atoms with Crippen molar-refractivity contribution in [3.63, 3.8) is 0 Å². The fourth-order valence-corrected chi connectivity index (χ4v) is 4.04. The summed E-state index contributed by atoms with van der Waals surface area (Å²) in [5.41, 5.74) is 1.62. The van der Waals surface area contributed by atoms with Crippen LogP contribution in [0.25, 0.3) is 11.4 Å². The molecule has 3 aromatic rings. The number of hydrogen-bond donors (Lipinski definition) is 0. The third kappa shape index (κ3) is 3.16. The average Bonchev–Trinajstić information content (AvgIpc) is 3.19. The SMILES string of the molecule is CN(Cc1ccsc1)S(=O)(=O)c1cccc(-c2nnnn2C)c1. The molecule has 0 aliphatic heterocycles. The molecule has 2 aromatic heterocycles. The van der Waals surface area contributed by atoms with Crippen LogP contribution in [0.5, 0.6) is 0 Å². The van der Waals surface area contributed by atoms with E-state index < -0.39 is 10.0 Å². The van der Waals surface area contributed by atoms with Crippen LogP contribution in [0.2, 0.25) is 0 Å². The summed E-state index contributed by atoms with van der Waals surface area (Å²) in [4.78, 5) is 0.218. The first-order chi connectivity index (χ1) is 11.0. The van der Waals surface area contributed by atoms with E-state index in [9.17, 15) is 8.42 Å². The first-order valence-electron chi connectivity index (χ1n) is 6.78. The van der Waals surface area contributed by atoms with Crippen LogP contribution in [0.15, 0.2) is 46.0 Å². The second kappa shape index (κ2) is 6.19. The van der Waals surface area contributed by atoms with Crippen LogP contribution >= 0.6 is 11.3 Å². The van der Waals surface area contributed by atoms with Crippen LogP contribution < -0.4 is 0 Å². The summed E-state index contributed by atoms with van der Waals surface area (Å²) in [5, 5.41) is 15.1. The van der Waals surface area contributed by atoms with Gasteiger partial charge >= 0.3 is 0 Å². The molecule has 1 aromatic carbocycles. The van der Waals surface area contributed by atoms with Crippen molar-refractivity contribution in [1.29, 1.82) is 0 Å².